The second-order valence-electron chi connectivity index (χ2n) is 6.47. The van der Waals surface area contributed by atoms with Gasteiger partial charge in [-0.2, -0.15) is 0 Å². The highest BCUT2D eigenvalue weighted by Crippen LogP contribution is 2.19. The van der Waals surface area contributed by atoms with Crippen molar-refractivity contribution in [2.75, 3.05) is 11.1 Å². The van der Waals surface area contributed by atoms with Crippen LogP contribution in [0.5, 0.6) is 0 Å². The van der Waals surface area contributed by atoms with Crippen LogP contribution in [0.15, 0.2) is 47.6 Å². The van der Waals surface area contributed by atoms with Crippen LogP contribution < -0.4 is 5.32 Å². The molecule has 0 saturated carbocycles. The molecule has 1 N–H and O–H groups in total. The molecule has 0 spiro atoms. The van der Waals surface area contributed by atoms with Crippen LogP contribution >= 0.6 is 23.4 Å². The maximum absolute atomic E-state index is 12.2. The quantitative estimate of drug-likeness (QED) is 0.623. The van der Waals surface area contributed by atoms with Crippen LogP contribution in [0.2, 0.25) is 5.02 Å². The van der Waals surface area contributed by atoms with E-state index in [1.807, 2.05) is 61.9 Å². The van der Waals surface area contributed by atoms with Crippen molar-refractivity contribution in [1.82, 2.24) is 14.8 Å². The van der Waals surface area contributed by atoms with E-state index in [2.05, 4.69) is 21.6 Å². The molecule has 0 bridgehead atoms. The topological polar surface area (TPSA) is 59.8 Å². The van der Waals surface area contributed by atoms with Crippen LogP contribution in [-0.4, -0.2) is 26.4 Å². The second-order valence-corrected chi connectivity index (χ2v) is 7.85. The zero-order valence-corrected chi connectivity index (χ0v) is 17.1. The van der Waals surface area contributed by atoms with Crippen molar-refractivity contribution >= 4 is 35.0 Å². The molecule has 1 amide bonds. The summed E-state index contributed by atoms with van der Waals surface area (Å²) in [5, 5.41) is 12.8. The smallest absolute Gasteiger partial charge is 0.234 e. The molecule has 1 heterocycles. The Morgan fingerprint density at radius 2 is 1.78 bits per heavy atom. The van der Waals surface area contributed by atoms with E-state index in [0.717, 1.165) is 33.4 Å². The molecule has 3 aromatic rings. The third kappa shape index (κ3) is 5.34. The summed E-state index contributed by atoms with van der Waals surface area (Å²) in [6.07, 6.45) is 0.663. The molecule has 0 atom stereocenters. The fourth-order valence-corrected chi connectivity index (χ4v) is 3.64. The molecule has 0 aliphatic heterocycles. The van der Waals surface area contributed by atoms with Gasteiger partial charge < -0.3 is 9.88 Å². The van der Waals surface area contributed by atoms with Crippen LogP contribution in [0.1, 0.15) is 22.5 Å². The molecule has 5 nitrogen and oxygen atoms in total. The van der Waals surface area contributed by atoms with E-state index >= 15 is 0 Å². The van der Waals surface area contributed by atoms with E-state index < -0.39 is 0 Å². The Bertz CT molecular complexity index is 933. The minimum Gasteiger partial charge on any atom is -0.325 e. The average Bonchev–Trinajstić information content (AvgIpc) is 2.94. The molecule has 0 radical (unpaired) electrons. The van der Waals surface area contributed by atoms with E-state index in [9.17, 15) is 4.79 Å². The Labute approximate surface area is 168 Å². The summed E-state index contributed by atoms with van der Waals surface area (Å²) in [5.74, 6) is 1.06. The number of amides is 1. The van der Waals surface area contributed by atoms with Crippen LogP contribution in [0.3, 0.4) is 0 Å². The van der Waals surface area contributed by atoms with Crippen molar-refractivity contribution in [2.45, 2.75) is 25.4 Å². The number of thioether (sulfide) groups is 1. The van der Waals surface area contributed by atoms with Crippen LogP contribution in [0.25, 0.3) is 0 Å². The maximum Gasteiger partial charge on any atom is 0.234 e. The molecular formula is C20H21ClN4OS. The molecule has 0 aliphatic rings. The van der Waals surface area contributed by atoms with Gasteiger partial charge in [-0.05, 0) is 54.8 Å². The van der Waals surface area contributed by atoms with Gasteiger partial charge in [0.25, 0.3) is 0 Å². The molecule has 140 valence electrons. The molecule has 0 fully saturated rings. The summed E-state index contributed by atoms with van der Waals surface area (Å²) in [6.45, 7) is 4.03. The Balaban J connectivity index is 1.58. The number of rotatable bonds is 6. The number of hydrogen-bond donors (Lipinski definition) is 1. The minimum atomic E-state index is -0.0627. The van der Waals surface area contributed by atoms with Crippen LogP contribution in [0, 0.1) is 13.8 Å². The van der Waals surface area contributed by atoms with Gasteiger partial charge in [-0.25, -0.2) is 0 Å². The van der Waals surface area contributed by atoms with E-state index in [1.54, 1.807) is 0 Å². The highest BCUT2D eigenvalue weighted by Gasteiger charge is 2.12. The number of halogens is 1. The minimum absolute atomic E-state index is 0.0627. The normalized spacial score (nSPS) is 10.8. The molecule has 3 rings (SSSR count). The lowest BCUT2D eigenvalue weighted by atomic mass is 10.1. The highest BCUT2D eigenvalue weighted by atomic mass is 35.5. The number of benzene rings is 2. The molecule has 7 heteroatoms. The van der Waals surface area contributed by atoms with Gasteiger partial charge in [0.2, 0.25) is 5.91 Å². The molecule has 0 aliphatic carbocycles. The van der Waals surface area contributed by atoms with Gasteiger partial charge in [0.1, 0.15) is 5.82 Å². The number of aryl methyl sites for hydroxylation is 2. The molecular weight excluding hydrogens is 380 g/mol. The van der Waals surface area contributed by atoms with Crippen molar-refractivity contribution in [3.63, 3.8) is 0 Å². The van der Waals surface area contributed by atoms with E-state index in [-0.39, 0.29) is 11.7 Å². The van der Waals surface area contributed by atoms with Crippen molar-refractivity contribution in [3.05, 3.63) is 70.0 Å². The zero-order valence-electron chi connectivity index (χ0n) is 15.5. The number of carbonyl (C=O) groups excluding carboxylic acids is 1. The first-order chi connectivity index (χ1) is 12.9. The van der Waals surface area contributed by atoms with Crippen molar-refractivity contribution < 1.29 is 4.79 Å². The summed E-state index contributed by atoms with van der Waals surface area (Å²) in [7, 11) is 1.91. The first-order valence-corrected chi connectivity index (χ1v) is 9.91. The van der Waals surface area contributed by atoms with Gasteiger partial charge in [-0.3, -0.25) is 4.79 Å². The number of hydrogen-bond acceptors (Lipinski definition) is 4. The highest BCUT2D eigenvalue weighted by molar-refractivity contribution is 7.99. The van der Waals surface area contributed by atoms with E-state index in [0.29, 0.717) is 11.4 Å². The molecule has 1 aromatic heterocycles. The first kappa shape index (κ1) is 19.5. The Hall–Kier alpha value is -2.31. The summed E-state index contributed by atoms with van der Waals surface area (Å²) in [6, 6.07) is 13.7. The van der Waals surface area contributed by atoms with Crippen LogP contribution in [0.4, 0.5) is 5.69 Å². The zero-order chi connectivity index (χ0) is 19.4. The molecule has 0 saturated heterocycles. The molecule has 2 aromatic carbocycles. The van der Waals surface area contributed by atoms with Gasteiger partial charge in [0.05, 0.1) is 5.75 Å². The van der Waals surface area contributed by atoms with Crippen LogP contribution in [-0.2, 0) is 18.3 Å². The van der Waals surface area contributed by atoms with Crippen molar-refractivity contribution in [3.8, 4) is 0 Å². The van der Waals surface area contributed by atoms with E-state index in [1.165, 1.54) is 11.8 Å². The lowest BCUT2D eigenvalue weighted by Gasteiger charge is -2.07. The third-order valence-corrected chi connectivity index (χ3v) is 5.31. The Morgan fingerprint density at radius 3 is 2.44 bits per heavy atom. The number of nitrogens with one attached hydrogen (secondary N) is 1. The SMILES string of the molecule is Cc1cc(C)cc(NC(=O)CSc2nnc(Cc3ccc(Cl)cc3)n2C)c1. The maximum atomic E-state index is 12.2. The Kier molecular flexibility index (Phi) is 6.19. The number of nitrogens with zero attached hydrogens (tertiary/aromatic N) is 3. The number of aromatic nitrogens is 3. The average molecular weight is 401 g/mol. The predicted octanol–water partition coefficient (Wildman–Crippen LogP) is 4.41. The van der Waals surface area contributed by atoms with Gasteiger partial charge in [0, 0.05) is 24.2 Å². The van der Waals surface area contributed by atoms with E-state index in [4.69, 9.17) is 11.6 Å². The summed E-state index contributed by atoms with van der Waals surface area (Å²) in [4.78, 5) is 12.2. The van der Waals surface area contributed by atoms with Gasteiger partial charge >= 0.3 is 0 Å². The molecule has 27 heavy (non-hydrogen) atoms. The summed E-state index contributed by atoms with van der Waals surface area (Å²) >= 11 is 7.29. The first-order valence-electron chi connectivity index (χ1n) is 8.54. The fraction of sp³-hybridized carbons (Fsp3) is 0.250. The summed E-state index contributed by atoms with van der Waals surface area (Å²) < 4.78 is 1.92. The Morgan fingerprint density at radius 1 is 1.11 bits per heavy atom. The number of anilines is 1. The second kappa shape index (κ2) is 8.59. The third-order valence-electron chi connectivity index (χ3n) is 4.04. The van der Waals surface area contributed by atoms with Gasteiger partial charge in [0.15, 0.2) is 5.16 Å². The lowest BCUT2D eigenvalue weighted by molar-refractivity contribution is -0.113. The standard InChI is InChI=1S/C20H21ClN4OS/c1-13-8-14(2)10-17(9-13)22-19(26)12-27-20-24-23-18(25(20)3)11-15-4-6-16(21)7-5-15/h4-10H,11-12H2,1-3H3,(H,22,26). The van der Waals surface area contributed by atoms with Gasteiger partial charge in [-0.1, -0.05) is 41.6 Å². The largest absolute Gasteiger partial charge is 0.325 e. The fourth-order valence-electron chi connectivity index (χ4n) is 2.78. The predicted molar refractivity (Wildman–Crippen MR) is 111 cm³/mol. The van der Waals surface area contributed by atoms with Crippen molar-refractivity contribution in [2.24, 2.45) is 7.05 Å². The monoisotopic (exact) mass is 400 g/mol. The van der Waals surface area contributed by atoms with Crippen molar-refractivity contribution in [1.29, 1.82) is 0 Å². The van der Waals surface area contributed by atoms with Gasteiger partial charge in [-0.15, -0.1) is 10.2 Å². The molecule has 0 unspecified atom stereocenters. The number of carbonyl (C=O) groups is 1. The lowest BCUT2D eigenvalue weighted by Crippen LogP contribution is -2.14. The summed E-state index contributed by atoms with van der Waals surface area (Å²) in [5.41, 5.74) is 4.18.